The summed E-state index contributed by atoms with van der Waals surface area (Å²) in [5, 5.41) is 9.64. The third-order valence-electron chi connectivity index (χ3n) is 3.45. The summed E-state index contributed by atoms with van der Waals surface area (Å²) in [6.45, 7) is 2.78. The van der Waals surface area contributed by atoms with Crippen molar-refractivity contribution in [3.8, 4) is 0 Å². The van der Waals surface area contributed by atoms with Gasteiger partial charge in [-0.15, -0.1) is 0 Å². The number of likely N-dealkylation sites (tertiary alicyclic amines) is 1. The van der Waals surface area contributed by atoms with Gasteiger partial charge in [0.05, 0.1) is 11.5 Å². The number of carboxylic acids is 1. The molecule has 0 spiro atoms. The summed E-state index contributed by atoms with van der Waals surface area (Å²) in [4.78, 5) is 25.3. The van der Waals surface area contributed by atoms with Crippen LogP contribution in [0.25, 0.3) is 0 Å². The molecule has 1 aromatic carbocycles. The highest BCUT2D eigenvalue weighted by Crippen LogP contribution is 2.27. The Morgan fingerprint density at radius 3 is 2.75 bits per heavy atom. The Morgan fingerprint density at radius 2 is 2.10 bits per heavy atom. The van der Waals surface area contributed by atoms with Crippen LogP contribution in [0, 0.1) is 11.8 Å². The van der Waals surface area contributed by atoms with E-state index < -0.39 is 11.9 Å². The highest BCUT2D eigenvalue weighted by molar-refractivity contribution is 9.10. The maximum absolute atomic E-state index is 12.5. The summed E-state index contributed by atoms with van der Waals surface area (Å²) >= 11 is 9.26. The van der Waals surface area contributed by atoms with Crippen molar-refractivity contribution in [3.63, 3.8) is 0 Å². The molecule has 1 N–H and O–H groups in total. The van der Waals surface area contributed by atoms with Crippen LogP contribution in [-0.2, 0) is 4.79 Å². The number of hydrogen-bond acceptors (Lipinski definition) is 2. The van der Waals surface area contributed by atoms with Crippen molar-refractivity contribution in [2.24, 2.45) is 11.8 Å². The predicted molar refractivity (Wildman–Crippen MR) is 80.0 cm³/mol. The maximum atomic E-state index is 12.5. The van der Waals surface area contributed by atoms with Gasteiger partial charge in [-0.05, 0) is 46.5 Å². The van der Waals surface area contributed by atoms with Crippen molar-refractivity contribution in [3.05, 3.63) is 33.3 Å². The lowest BCUT2D eigenvalue weighted by Crippen LogP contribution is -2.45. The molecule has 1 heterocycles. The molecule has 1 aliphatic rings. The van der Waals surface area contributed by atoms with E-state index in [1.54, 1.807) is 23.1 Å². The van der Waals surface area contributed by atoms with Crippen molar-refractivity contribution in [2.45, 2.75) is 13.3 Å². The minimum Gasteiger partial charge on any atom is -0.481 e. The van der Waals surface area contributed by atoms with Gasteiger partial charge in [-0.3, -0.25) is 9.59 Å². The van der Waals surface area contributed by atoms with Crippen molar-refractivity contribution in [1.29, 1.82) is 0 Å². The van der Waals surface area contributed by atoms with E-state index in [0.29, 0.717) is 28.0 Å². The highest BCUT2D eigenvalue weighted by Gasteiger charge is 2.32. The molecule has 0 aromatic heterocycles. The second kappa shape index (κ2) is 6.14. The van der Waals surface area contributed by atoms with Crippen molar-refractivity contribution in [2.75, 3.05) is 13.1 Å². The minimum atomic E-state index is -0.848. The van der Waals surface area contributed by atoms with Crippen LogP contribution in [0.3, 0.4) is 0 Å². The summed E-state index contributed by atoms with van der Waals surface area (Å²) < 4.78 is 0.664. The van der Waals surface area contributed by atoms with E-state index >= 15 is 0 Å². The van der Waals surface area contributed by atoms with Gasteiger partial charge >= 0.3 is 5.97 Å². The Kier molecular flexibility index (Phi) is 4.70. The number of rotatable bonds is 2. The lowest BCUT2D eigenvalue weighted by Gasteiger charge is -2.34. The molecule has 1 fully saturated rings. The van der Waals surface area contributed by atoms with E-state index in [0.717, 1.165) is 0 Å². The standard InChI is InChI=1S/C14H15BrClNO3/c1-8-4-9(14(19)20)7-17(6-8)13(18)11-5-10(16)2-3-12(11)15/h2-3,5,8-9H,4,6-7H2,1H3,(H,19,20). The van der Waals surface area contributed by atoms with E-state index in [4.69, 9.17) is 16.7 Å². The summed E-state index contributed by atoms with van der Waals surface area (Å²) in [5.41, 5.74) is 0.468. The maximum Gasteiger partial charge on any atom is 0.308 e. The number of carbonyl (C=O) groups is 2. The first kappa shape index (κ1) is 15.3. The fourth-order valence-corrected chi connectivity index (χ4v) is 3.12. The molecule has 1 aromatic rings. The summed E-state index contributed by atoms with van der Waals surface area (Å²) in [6.07, 6.45) is 0.607. The third-order valence-corrected chi connectivity index (χ3v) is 4.38. The van der Waals surface area contributed by atoms with Crippen LogP contribution >= 0.6 is 27.5 Å². The number of halogens is 2. The Bertz CT molecular complexity index is 549. The zero-order valence-electron chi connectivity index (χ0n) is 11.0. The van der Waals surface area contributed by atoms with E-state index in [2.05, 4.69) is 15.9 Å². The van der Waals surface area contributed by atoms with Gasteiger partial charge < -0.3 is 10.0 Å². The third kappa shape index (κ3) is 3.33. The van der Waals surface area contributed by atoms with E-state index in [-0.39, 0.29) is 18.4 Å². The Hall–Kier alpha value is -1.07. The van der Waals surface area contributed by atoms with Crippen LogP contribution < -0.4 is 0 Å². The molecule has 2 rings (SSSR count). The number of carbonyl (C=O) groups excluding carboxylic acids is 1. The normalized spacial score (nSPS) is 22.6. The molecule has 1 amide bonds. The Balaban J connectivity index is 2.23. The first-order valence-electron chi connectivity index (χ1n) is 6.35. The predicted octanol–water partition coefficient (Wildman–Crippen LogP) is 3.29. The molecule has 4 nitrogen and oxygen atoms in total. The van der Waals surface area contributed by atoms with Crippen molar-refractivity contribution < 1.29 is 14.7 Å². The number of piperidine rings is 1. The fraction of sp³-hybridized carbons (Fsp3) is 0.429. The van der Waals surface area contributed by atoms with Gasteiger partial charge in [0.25, 0.3) is 5.91 Å². The van der Waals surface area contributed by atoms with Gasteiger partial charge in [-0.25, -0.2) is 0 Å². The molecule has 108 valence electrons. The average Bonchev–Trinajstić information content (AvgIpc) is 2.40. The van der Waals surface area contributed by atoms with Crippen LogP contribution in [0.2, 0.25) is 5.02 Å². The Morgan fingerprint density at radius 1 is 1.40 bits per heavy atom. The lowest BCUT2D eigenvalue weighted by atomic mass is 9.90. The largest absolute Gasteiger partial charge is 0.481 e. The average molecular weight is 361 g/mol. The summed E-state index contributed by atoms with van der Waals surface area (Å²) in [6, 6.07) is 5.02. The molecule has 2 atom stereocenters. The van der Waals surface area contributed by atoms with Crippen molar-refractivity contribution in [1.82, 2.24) is 4.90 Å². The van der Waals surface area contributed by atoms with Crippen LogP contribution in [0.4, 0.5) is 0 Å². The van der Waals surface area contributed by atoms with E-state index in [1.807, 2.05) is 6.92 Å². The van der Waals surface area contributed by atoms with E-state index in [9.17, 15) is 9.59 Å². The number of benzene rings is 1. The van der Waals surface area contributed by atoms with Gasteiger partial charge in [-0.2, -0.15) is 0 Å². The molecule has 1 aliphatic heterocycles. The van der Waals surface area contributed by atoms with Gasteiger partial charge in [0.15, 0.2) is 0 Å². The first-order chi connectivity index (χ1) is 9.38. The van der Waals surface area contributed by atoms with Crippen molar-refractivity contribution >= 4 is 39.4 Å². The second-order valence-corrected chi connectivity index (χ2v) is 6.50. The van der Waals surface area contributed by atoms with Crippen LogP contribution in [-0.4, -0.2) is 35.0 Å². The van der Waals surface area contributed by atoms with Crippen LogP contribution in [0.5, 0.6) is 0 Å². The van der Waals surface area contributed by atoms with Crippen LogP contribution in [0.15, 0.2) is 22.7 Å². The molecule has 0 radical (unpaired) electrons. The molecule has 6 heteroatoms. The highest BCUT2D eigenvalue weighted by atomic mass is 79.9. The monoisotopic (exact) mass is 359 g/mol. The molecule has 0 bridgehead atoms. The van der Waals surface area contributed by atoms with Gasteiger partial charge in [-0.1, -0.05) is 18.5 Å². The first-order valence-corrected chi connectivity index (χ1v) is 7.52. The van der Waals surface area contributed by atoms with Gasteiger partial charge in [0.2, 0.25) is 0 Å². The minimum absolute atomic E-state index is 0.173. The number of nitrogens with zero attached hydrogens (tertiary/aromatic N) is 1. The molecular formula is C14H15BrClNO3. The quantitative estimate of drug-likeness (QED) is 0.880. The number of amides is 1. The Labute approximate surface area is 130 Å². The smallest absolute Gasteiger partial charge is 0.308 e. The molecular weight excluding hydrogens is 346 g/mol. The second-order valence-electron chi connectivity index (χ2n) is 5.21. The zero-order chi connectivity index (χ0) is 14.9. The molecule has 0 saturated carbocycles. The number of aliphatic carboxylic acids is 1. The molecule has 2 unspecified atom stereocenters. The fourth-order valence-electron chi connectivity index (χ4n) is 2.53. The number of hydrogen-bond donors (Lipinski definition) is 1. The van der Waals surface area contributed by atoms with Gasteiger partial charge in [0.1, 0.15) is 0 Å². The topological polar surface area (TPSA) is 57.6 Å². The lowest BCUT2D eigenvalue weighted by molar-refractivity contribution is -0.143. The molecule has 1 saturated heterocycles. The molecule has 20 heavy (non-hydrogen) atoms. The molecule has 0 aliphatic carbocycles. The van der Waals surface area contributed by atoms with Crippen LogP contribution in [0.1, 0.15) is 23.7 Å². The summed E-state index contributed by atoms with van der Waals surface area (Å²) in [7, 11) is 0. The summed E-state index contributed by atoms with van der Waals surface area (Å²) in [5.74, 6) is -1.36. The van der Waals surface area contributed by atoms with Gasteiger partial charge in [0, 0.05) is 22.6 Å². The van der Waals surface area contributed by atoms with E-state index in [1.165, 1.54) is 0 Å². The zero-order valence-corrected chi connectivity index (χ0v) is 13.3. The SMILES string of the molecule is CC1CC(C(=O)O)CN(C(=O)c2cc(Cl)ccc2Br)C1. The number of carboxylic acid groups (broad SMARTS) is 1.